The molecule has 6 heteroatoms. The van der Waals surface area contributed by atoms with Gasteiger partial charge in [0.2, 0.25) is 5.91 Å². The van der Waals surface area contributed by atoms with E-state index in [2.05, 4.69) is 0 Å². The molecular weight excluding hydrogens is 256 g/mol. The van der Waals surface area contributed by atoms with Crippen molar-refractivity contribution in [3.05, 3.63) is 29.3 Å². The smallest absolute Gasteiger partial charge is 0.323 e. The first-order valence-electron chi connectivity index (χ1n) is 5.50. The number of carbonyl (C=O) groups excluding carboxylic acids is 1. The van der Waals surface area contributed by atoms with Crippen LogP contribution in [0.4, 0.5) is 5.69 Å². The summed E-state index contributed by atoms with van der Waals surface area (Å²) >= 11 is 5.83. The largest absolute Gasteiger partial charge is 0.480 e. The third kappa shape index (κ3) is 3.72. The number of rotatable bonds is 5. The summed E-state index contributed by atoms with van der Waals surface area (Å²) in [7, 11) is 0. The molecule has 1 rings (SSSR count). The molecule has 0 spiro atoms. The van der Waals surface area contributed by atoms with Crippen LogP contribution in [0.2, 0.25) is 5.02 Å². The van der Waals surface area contributed by atoms with Crippen LogP contribution in [0.25, 0.3) is 0 Å². The number of carboxylic acid groups (broad SMARTS) is 1. The van der Waals surface area contributed by atoms with Gasteiger partial charge in [0, 0.05) is 10.7 Å². The quantitative estimate of drug-likeness (QED) is 0.849. The molecule has 18 heavy (non-hydrogen) atoms. The van der Waals surface area contributed by atoms with E-state index in [4.69, 9.17) is 22.4 Å². The number of halogens is 1. The van der Waals surface area contributed by atoms with Gasteiger partial charge in [-0.05, 0) is 24.6 Å². The second kappa shape index (κ2) is 6.37. The van der Waals surface area contributed by atoms with Crippen LogP contribution >= 0.6 is 11.6 Å². The van der Waals surface area contributed by atoms with E-state index in [0.717, 1.165) is 4.90 Å². The van der Waals surface area contributed by atoms with Crippen LogP contribution in [0.5, 0.6) is 0 Å². The summed E-state index contributed by atoms with van der Waals surface area (Å²) in [6.45, 7) is 1.33. The number of nitrogens with two attached hydrogens (primary N) is 1. The third-order valence-corrected chi connectivity index (χ3v) is 2.67. The highest BCUT2D eigenvalue weighted by Crippen LogP contribution is 2.20. The molecule has 0 aliphatic rings. The molecule has 1 amide bonds. The van der Waals surface area contributed by atoms with Gasteiger partial charge in [-0.2, -0.15) is 0 Å². The van der Waals surface area contributed by atoms with Crippen LogP contribution in [0.3, 0.4) is 0 Å². The lowest BCUT2D eigenvalue weighted by Crippen LogP contribution is -2.45. The van der Waals surface area contributed by atoms with Crippen LogP contribution < -0.4 is 10.6 Å². The van der Waals surface area contributed by atoms with Crippen molar-refractivity contribution in [2.24, 2.45) is 5.73 Å². The van der Waals surface area contributed by atoms with E-state index in [0.29, 0.717) is 17.1 Å². The molecule has 0 saturated heterocycles. The number of carbonyl (C=O) groups is 2. The van der Waals surface area contributed by atoms with E-state index in [1.54, 1.807) is 25.1 Å². The molecule has 1 atom stereocenters. The predicted molar refractivity (Wildman–Crippen MR) is 69.7 cm³/mol. The Hall–Kier alpha value is -1.59. The minimum atomic E-state index is -1.10. The highest BCUT2D eigenvalue weighted by Gasteiger charge is 2.23. The zero-order valence-electron chi connectivity index (χ0n) is 9.97. The Balaban J connectivity index is 3.05. The highest BCUT2D eigenvalue weighted by atomic mass is 35.5. The number of carboxylic acids is 1. The predicted octanol–water partition coefficient (Wildman–Crippen LogP) is 1.49. The van der Waals surface area contributed by atoms with Crippen molar-refractivity contribution in [1.29, 1.82) is 0 Å². The van der Waals surface area contributed by atoms with E-state index >= 15 is 0 Å². The average molecular weight is 271 g/mol. The zero-order valence-corrected chi connectivity index (χ0v) is 10.7. The number of hydrogen-bond donors (Lipinski definition) is 2. The van der Waals surface area contributed by atoms with Crippen molar-refractivity contribution >= 4 is 29.2 Å². The number of anilines is 1. The van der Waals surface area contributed by atoms with E-state index < -0.39 is 24.5 Å². The maximum Gasteiger partial charge on any atom is 0.323 e. The Morgan fingerprint density at radius 1 is 1.50 bits per heavy atom. The summed E-state index contributed by atoms with van der Waals surface area (Å²) in [5.74, 6) is -1.53. The van der Waals surface area contributed by atoms with Gasteiger partial charge < -0.3 is 10.8 Å². The van der Waals surface area contributed by atoms with Crippen molar-refractivity contribution in [1.82, 2.24) is 0 Å². The maximum atomic E-state index is 12.0. The van der Waals surface area contributed by atoms with Crippen molar-refractivity contribution in [3.8, 4) is 0 Å². The molecule has 0 unspecified atom stereocenters. The van der Waals surface area contributed by atoms with Crippen LogP contribution in [-0.4, -0.2) is 29.6 Å². The monoisotopic (exact) mass is 270 g/mol. The minimum absolute atomic E-state index is 0.429. The van der Waals surface area contributed by atoms with E-state index in [1.807, 2.05) is 0 Å². The van der Waals surface area contributed by atoms with Gasteiger partial charge in [-0.1, -0.05) is 24.6 Å². The van der Waals surface area contributed by atoms with Gasteiger partial charge in [-0.15, -0.1) is 0 Å². The summed E-state index contributed by atoms with van der Waals surface area (Å²) in [6, 6.07) is 5.73. The fourth-order valence-electron chi connectivity index (χ4n) is 1.45. The number of amides is 1. The van der Waals surface area contributed by atoms with Gasteiger partial charge in [0.15, 0.2) is 0 Å². The first-order valence-corrected chi connectivity index (χ1v) is 5.87. The van der Waals surface area contributed by atoms with E-state index in [-0.39, 0.29) is 0 Å². The van der Waals surface area contributed by atoms with Gasteiger partial charge in [0.1, 0.15) is 6.54 Å². The second-order valence-corrected chi connectivity index (χ2v) is 4.25. The van der Waals surface area contributed by atoms with Crippen LogP contribution in [0.15, 0.2) is 24.3 Å². The van der Waals surface area contributed by atoms with Gasteiger partial charge in [0.05, 0.1) is 6.04 Å². The van der Waals surface area contributed by atoms with Gasteiger partial charge in [-0.25, -0.2) is 0 Å². The Morgan fingerprint density at radius 3 is 2.67 bits per heavy atom. The average Bonchev–Trinajstić information content (AvgIpc) is 2.34. The van der Waals surface area contributed by atoms with Gasteiger partial charge in [-0.3, -0.25) is 14.5 Å². The zero-order chi connectivity index (χ0) is 13.7. The van der Waals surface area contributed by atoms with Crippen LogP contribution in [-0.2, 0) is 9.59 Å². The molecule has 0 aliphatic heterocycles. The molecular formula is C12H15ClN2O3. The molecule has 0 saturated carbocycles. The topological polar surface area (TPSA) is 83.6 Å². The van der Waals surface area contributed by atoms with Crippen LogP contribution in [0.1, 0.15) is 13.3 Å². The molecule has 0 aromatic heterocycles. The van der Waals surface area contributed by atoms with Crippen molar-refractivity contribution in [2.75, 3.05) is 11.4 Å². The molecule has 1 aromatic rings. The third-order valence-electron chi connectivity index (χ3n) is 2.44. The molecule has 0 fully saturated rings. The Bertz CT molecular complexity index is 451. The summed E-state index contributed by atoms with van der Waals surface area (Å²) in [5.41, 5.74) is 6.08. The second-order valence-electron chi connectivity index (χ2n) is 3.81. The van der Waals surface area contributed by atoms with Crippen LogP contribution in [0, 0.1) is 0 Å². The fourth-order valence-corrected chi connectivity index (χ4v) is 1.64. The Morgan fingerprint density at radius 2 is 2.17 bits per heavy atom. The number of benzene rings is 1. The number of nitrogens with zero attached hydrogens (tertiary/aromatic N) is 1. The summed E-state index contributed by atoms with van der Waals surface area (Å²) in [4.78, 5) is 24.0. The Labute approximate surface area is 110 Å². The SMILES string of the molecule is CC[C@H](N)C(=O)N(CC(=O)O)c1cccc(Cl)c1. The standard InChI is InChI=1S/C12H15ClN2O3/c1-2-10(14)12(18)15(7-11(16)17)9-5-3-4-8(13)6-9/h3-6,10H,2,7,14H2,1H3,(H,16,17)/t10-/m0/s1. The minimum Gasteiger partial charge on any atom is -0.480 e. The van der Waals surface area contributed by atoms with E-state index in [9.17, 15) is 9.59 Å². The van der Waals surface area contributed by atoms with Gasteiger partial charge >= 0.3 is 5.97 Å². The maximum absolute atomic E-state index is 12.0. The summed E-state index contributed by atoms with van der Waals surface area (Å²) in [6.07, 6.45) is 0.440. The summed E-state index contributed by atoms with van der Waals surface area (Å²) in [5, 5.41) is 9.28. The molecule has 0 radical (unpaired) electrons. The lowest BCUT2D eigenvalue weighted by molar-refractivity contribution is -0.136. The van der Waals surface area contributed by atoms with Crippen molar-refractivity contribution in [3.63, 3.8) is 0 Å². The normalized spacial score (nSPS) is 11.9. The molecule has 98 valence electrons. The first-order chi connectivity index (χ1) is 8.45. The van der Waals surface area contributed by atoms with E-state index in [1.165, 1.54) is 6.07 Å². The molecule has 3 N–H and O–H groups in total. The van der Waals surface area contributed by atoms with Gasteiger partial charge in [0.25, 0.3) is 0 Å². The molecule has 1 aromatic carbocycles. The molecule has 5 nitrogen and oxygen atoms in total. The summed E-state index contributed by atoms with van der Waals surface area (Å²) < 4.78 is 0. The fraction of sp³-hybridized carbons (Fsp3) is 0.333. The molecule has 0 aliphatic carbocycles. The lowest BCUT2D eigenvalue weighted by Gasteiger charge is -2.23. The van der Waals surface area contributed by atoms with Crippen molar-refractivity contribution in [2.45, 2.75) is 19.4 Å². The Kier molecular flexibility index (Phi) is 5.12. The van der Waals surface area contributed by atoms with Crippen molar-refractivity contribution < 1.29 is 14.7 Å². The highest BCUT2D eigenvalue weighted by molar-refractivity contribution is 6.31. The lowest BCUT2D eigenvalue weighted by atomic mass is 10.2. The number of aliphatic carboxylic acids is 1. The molecule has 0 heterocycles. The number of hydrogen-bond acceptors (Lipinski definition) is 3. The molecule has 0 bridgehead atoms. The first kappa shape index (κ1) is 14.5.